The molecule has 2 unspecified atom stereocenters. The number of rotatable bonds is 3. The van der Waals surface area contributed by atoms with Crippen molar-refractivity contribution in [2.75, 3.05) is 0 Å². The molecule has 0 bridgehead atoms. The van der Waals surface area contributed by atoms with Gasteiger partial charge in [0.25, 0.3) is 0 Å². The van der Waals surface area contributed by atoms with E-state index in [2.05, 4.69) is 0 Å². The van der Waals surface area contributed by atoms with Gasteiger partial charge < -0.3 is 0 Å². The van der Waals surface area contributed by atoms with Gasteiger partial charge >= 0.3 is 0 Å². The Kier molecular flexibility index (Phi) is 3.58. The van der Waals surface area contributed by atoms with Crippen LogP contribution in [0.15, 0.2) is 30.3 Å². The molecule has 2 rings (SSSR count). The third-order valence-electron chi connectivity index (χ3n) is 2.61. The smallest absolute Gasteiger partial charge is 0.225 e. The summed E-state index contributed by atoms with van der Waals surface area (Å²) in [6.45, 7) is 0. The molecule has 0 aliphatic heterocycles. The maximum Gasteiger partial charge on any atom is 0.225 e. The lowest BCUT2D eigenvalue weighted by molar-refractivity contribution is -0.112. The first-order valence-corrected chi connectivity index (χ1v) is 6.04. The molecule has 1 aliphatic carbocycles. The van der Waals surface area contributed by atoms with E-state index in [-0.39, 0.29) is 17.1 Å². The van der Waals surface area contributed by atoms with Gasteiger partial charge in [0.1, 0.15) is 0 Å². The number of benzene rings is 1. The van der Waals surface area contributed by atoms with Gasteiger partial charge in [-0.05, 0) is 41.6 Å². The van der Waals surface area contributed by atoms with Gasteiger partial charge in [-0.25, -0.2) is 0 Å². The summed E-state index contributed by atoms with van der Waals surface area (Å²) in [4.78, 5) is 10.9. The molecule has 1 aliphatic rings. The topological polar surface area (TPSA) is 17.1 Å². The van der Waals surface area contributed by atoms with Crippen molar-refractivity contribution in [3.8, 4) is 0 Å². The molecular formula is C12H9Cl3O. The molecule has 1 aromatic carbocycles. The van der Waals surface area contributed by atoms with E-state index >= 15 is 0 Å². The van der Waals surface area contributed by atoms with Gasteiger partial charge in [0.2, 0.25) is 5.24 Å². The molecule has 16 heavy (non-hydrogen) atoms. The second kappa shape index (κ2) is 4.79. The van der Waals surface area contributed by atoms with Crippen LogP contribution in [0.2, 0.25) is 5.02 Å². The van der Waals surface area contributed by atoms with E-state index in [1.54, 1.807) is 12.1 Å². The zero-order chi connectivity index (χ0) is 11.7. The average molecular weight is 276 g/mol. The van der Waals surface area contributed by atoms with Gasteiger partial charge in [-0.1, -0.05) is 41.4 Å². The number of carbonyl (C=O) groups excluding carboxylic acids is 1. The number of halogens is 3. The molecule has 2 atom stereocenters. The minimum Gasteiger partial charge on any atom is -0.281 e. The monoisotopic (exact) mass is 274 g/mol. The zero-order valence-corrected chi connectivity index (χ0v) is 10.6. The second-order valence-corrected chi connectivity index (χ2v) is 5.05. The summed E-state index contributed by atoms with van der Waals surface area (Å²) in [6.07, 6.45) is 2.68. The first kappa shape index (κ1) is 12.0. The lowest BCUT2D eigenvalue weighted by Gasteiger charge is -1.99. The summed E-state index contributed by atoms with van der Waals surface area (Å²) in [5.74, 6) is 0.135. The molecule has 1 nitrogen and oxygen atoms in total. The minimum absolute atomic E-state index is 0.0530. The van der Waals surface area contributed by atoms with Crippen LogP contribution in [0.3, 0.4) is 0 Å². The van der Waals surface area contributed by atoms with Crippen molar-refractivity contribution in [1.29, 1.82) is 0 Å². The van der Waals surface area contributed by atoms with Crippen molar-refractivity contribution in [1.82, 2.24) is 0 Å². The van der Waals surface area contributed by atoms with Gasteiger partial charge in [0.15, 0.2) is 0 Å². The Morgan fingerprint density at radius 1 is 1.25 bits per heavy atom. The Morgan fingerprint density at radius 2 is 1.88 bits per heavy atom. The summed E-state index contributed by atoms with van der Waals surface area (Å²) in [7, 11) is 0. The molecule has 0 aromatic heterocycles. The van der Waals surface area contributed by atoms with E-state index in [9.17, 15) is 4.79 Å². The van der Waals surface area contributed by atoms with Crippen molar-refractivity contribution < 1.29 is 4.79 Å². The molecule has 0 spiro atoms. The van der Waals surface area contributed by atoms with Gasteiger partial charge in [0, 0.05) is 16.0 Å². The molecule has 1 saturated carbocycles. The number of hydrogen-bond donors (Lipinski definition) is 0. The quantitative estimate of drug-likeness (QED) is 0.751. The molecule has 0 N–H and O–H groups in total. The van der Waals surface area contributed by atoms with E-state index < -0.39 is 0 Å². The van der Waals surface area contributed by atoms with Crippen molar-refractivity contribution in [3.63, 3.8) is 0 Å². The zero-order valence-electron chi connectivity index (χ0n) is 8.29. The number of carbonyl (C=O) groups is 1. The highest BCUT2D eigenvalue weighted by Crippen LogP contribution is 2.43. The Balaban J connectivity index is 2.08. The molecule has 0 amide bonds. The Bertz CT molecular complexity index is 436. The molecule has 0 heterocycles. The molecular weight excluding hydrogens is 266 g/mol. The molecule has 4 heteroatoms. The van der Waals surface area contributed by atoms with Crippen LogP contribution in [0.25, 0.3) is 5.03 Å². The maximum absolute atomic E-state index is 10.9. The molecule has 1 fully saturated rings. The summed E-state index contributed by atoms with van der Waals surface area (Å²) in [5, 5.41) is 1.04. The summed E-state index contributed by atoms with van der Waals surface area (Å²) in [5.41, 5.74) is 0.902. The first-order valence-electron chi connectivity index (χ1n) is 4.90. The lowest BCUT2D eigenvalue weighted by atomic mass is 10.2. The van der Waals surface area contributed by atoms with Crippen LogP contribution >= 0.6 is 34.8 Å². The van der Waals surface area contributed by atoms with Crippen molar-refractivity contribution in [2.24, 2.45) is 11.8 Å². The van der Waals surface area contributed by atoms with E-state index in [0.29, 0.717) is 10.1 Å². The summed E-state index contributed by atoms with van der Waals surface area (Å²) >= 11 is 17.3. The Hall–Kier alpha value is -0.500. The van der Waals surface area contributed by atoms with Crippen LogP contribution in [-0.2, 0) is 4.79 Å². The van der Waals surface area contributed by atoms with E-state index in [1.807, 2.05) is 18.2 Å². The van der Waals surface area contributed by atoms with E-state index in [4.69, 9.17) is 34.8 Å². The highest BCUT2D eigenvalue weighted by molar-refractivity contribution is 6.64. The van der Waals surface area contributed by atoms with Crippen LogP contribution in [0.5, 0.6) is 0 Å². The third kappa shape index (κ3) is 2.79. The van der Waals surface area contributed by atoms with Crippen LogP contribution in [-0.4, -0.2) is 5.24 Å². The Morgan fingerprint density at radius 3 is 2.38 bits per heavy atom. The number of hydrogen-bond acceptors (Lipinski definition) is 1. The minimum atomic E-state index is -0.276. The molecule has 1 aromatic rings. The van der Waals surface area contributed by atoms with Gasteiger partial charge in [-0.15, -0.1) is 0 Å². The molecule has 84 valence electrons. The van der Waals surface area contributed by atoms with Crippen molar-refractivity contribution >= 4 is 45.1 Å². The highest BCUT2D eigenvalue weighted by atomic mass is 35.5. The average Bonchev–Trinajstić information content (AvgIpc) is 2.98. The predicted octanol–water partition coefficient (Wildman–Crippen LogP) is 4.32. The van der Waals surface area contributed by atoms with E-state index in [0.717, 1.165) is 12.0 Å². The second-order valence-electron chi connectivity index (χ2n) is 3.83. The first-order chi connectivity index (χ1) is 7.58. The van der Waals surface area contributed by atoms with E-state index in [1.165, 1.54) is 0 Å². The SMILES string of the molecule is O=C(Cl)C1CC1/C=C(/Cl)c1ccc(Cl)cc1. The van der Waals surface area contributed by atoms with Crippen molar-refractivity contribution in [3.05, 3.63) is 40.9 Å². The largest absolute Gasteiger partial charge is 0.281 e. The molecule has 0 radical (unpaired) electrons. The summed E-state index contributed by atoms with van der Waals surface area (Å²) < 4.78 is 0. The normalized spacial score (nSPS) is 24.3. The fourth-order valence-electron chi connectivity index (χ4n) is 1.55. The van der Waals surface area contributed by atoms with Gasteiger partial charge in [-0.2, -0.15) is 0 Å². The molecule has 0 saturated heterocycles. The predicted molar refractivity (Wildman–Crippen MR) is 67.7 cm³/mol. The highest BCUT2D eigenvalue weighted by Gasteiger charge is 2.40. The van der Waals surface area contributed by atoms with Crippen LogP contribution in [0, 0.1) is 11.8 Å². The fourth-order valence-corrected chi connectivity index (χ4v) is 2.22. The van der Waals surface area contributed by atoms with Crippen LogP contribution in [0.4, 0.5) is 0 Å². The fraction of sp³-hybridized carbons (Fsp3) is 0.250. The number of allylic oxidation sites excluding steroid dienone is 1. The maximum atomic E-state index is 10.9. The van der Waals surface area contributed by atoms with Gasteiger partial charge in [0.05, 0.1) is 0 Å². The van der Waals surface area contributed by atoms with Gasteiger partial charge in [-0.3, -0.25) is 4.79 Å². The third-order valence-corrected chi connectivity index (χ3v) is 3.49. The van der Waals surface area contributed by atoms with Crippen molar-refractivity contribution in [2.45, 2.75) is 6.42 Å². The standard InChI is InChI=1S/C12H9Cl3O/c13-9-3-1-7(2-4-9)11(14)6-8-5-10(8)12(15)16/h1-4,6,8,10H,5H2/b11-6+. The Labute approximate surface area is 109 Å². The summed E-state index contributed by atoms with van der Waals surface area (Å²) in [6, 6.07) is 7.26. The van der Waals surface area contributed by atoms with Crippen LogP contribution in [0.1, 0.15) is 12.0 Å². The van der Waals surface area contributed by atoms with Crippen LogP contribution < -0.4 is 0 Å². The lowest BCUT2D eigenvalue weighted by Crippen LogP contribution is -1.90.